The molecule has 4 nitrogen and oxygen atoms in total. The van der Waals surface area contributed by atoms with Crippen LogP contribution in [-0.2, 0) is 11.3 Å². The molecule has 1 aliphatic heterocycles. The highest BCUT2D eigenvalue weighted by Crippen LogP contribution is 2.20. The first-order chi connectivity index (χ1) is 8.16. The monoisotopic (exact) mass is 254 g/mol. The van der Waals surface area contributed by atoms with Gasteiger partial charge in [-0.05, 0) is 26.3 Å². The number of carboxylic acid groups (broad SMARTS) is 1. The maximum absolute atomic E-state index is 11.3. The lowest BCUT2D eigenvalue weighted by atomic mass is 10.1. The van der Waals surface area contributed by atoms with Gasteiger partial charge in [-0.25, -0.2) is 4.98 Å². The Morgan fingerprint density at radius 3 is 3.06 bits per heavy atom. The number of carbonyl (C=O) groups is 1. The van der Waals surface area contributed by atoms with E-state index in [4.69, 9.17) is 0 Å². The molecular weight excluding hydrogens is 236 g/mol. The minimum atomic E-state index is -0.696. The number of carboxylic acids is 1. The number of thiazole rings is 1. The quantitative estimate of drug-likeness (QED) is 0.899. The highest BCUT2D eigenvalue weighted by Gasteiger charge is 2.27. The average molecular weight is 254 g/mol. The van der Waals surface area contributed by atoms with Crippen molar-refractivity contribution in [2.24, 2.45) is 0 Å². The van der Waals surface area contributed by atoms with Crippen molar-refractivity contribution in [3.63, 3.8) is 0 Å². The zero-order valence-electron chi connectivity index (χ0n) is 10.1. The third-order valence-electron chi connectivity index (χ3n) is 3.18. The number of hydrogen-bond acceptors (Lipinski definition) is 4. The second kappa shape index (κ2) is 5.60. The van der Waals surface area contributed by atoms with Gasteiger partial charge in [0.2, 0.25) is 0 Å². The number of aliphatic carboxylic acids is 1. The molecule has 2 heterocycles. The third-order valence-corrected chi connectivity index (χ3v) is 4.00. The Hall–Kier alpha value is -0.940. The van der Waals surface area contributed by atoms with Crippen molar-refractivity contribution < 1.29 is 9.90 Å². The van der Waals surface area contributed by atoms with Crippen molar-refractivity contribution in [2.75, 3.05) is 6.54 Å². The molecule has 0 amide bonds. The van der Waals surface area contributed by atoms with Gasteiger partial charge in [0.1, 0.15) is 6.04 Å². The fraction of sp³-hybridized carbons (Fsp3) is 0.667. The summed E-state index contributed by atoms with van der Waals surface area (Å²) in [5, 5.41) is 12.3. The predicted molar refractivity (Wildman–Crippen MR) is 67.2 cm³/mol. The maximum atomic E-state index is 11.3. The van der Waals surface area contributed by atoms with Crippen LogP contribution in [0.3, 0.4) is 0 Å². The Morgan fingerprint density at radius 1 is 1.59 bits per heavy atom. The Morgan fingerprint density at radius 2 is 2.41 bits per heavy atom. The van der Waals surface area contributed by atoms with E-state index >= 15 is 0 Å². The first-order valence-electron chi connectivity index (χ1n) is 6.04. The normalized spacial score (nSPS) is 22.3. The zero-order chi connectivity index (χ0) is 12.3. The van der Waals surface area contributed by atoms with Crippen LogP contribution in [0.25, 0.3) is 0 Å². The second-order valence-electron chi connectivity index (χ2n) is 4.53. The summed E-state index contributed by atoms with van der Waals surface area (Å²) in [4.78, 5) is 17.7. The van der Waals surface area contributed by atoms with Gasteiger partial charge in [-0.3, -0.25) is 9.69 Å². The molecule has 0 radical (unpaired) electrons. The van der Waals surface area contributed by atoms with E-state index in [1.807, 2.05) is 12.3 Å². The largest absolute Gasteiger partial charge is 0.480 e. The summed E-state index contributed by atoms with van der Waals surface area (Å²) >= 11 is 1.62. The molecule has 1 fully saturated rings. The Balaban J connectivity index is 2.07. The molecule has 1 unspecified atom stereocenters. The molecule has 1 aliphatic rings. The molecule has 2 rings (SSSR count). The van der Waals surface area contributed by atoms with Crippen molar-refractivity contribution in [3.8, 4) is 0 Å². The van der Waals surface area contributed by atoms with Crippen LogP contribution in [0.5, 0.6) is 0 Å². The topological polar surface area (TPSA) is 53.4 Å². The number of nitrogens with zero attached hydrogens (tertiary/aromatic N) is 2. The molecule has 0 saturated carbocycles. The van der Waals surface area contributed by atoms with E-state index in [0.29, 0.717) is 6.54 Å². The summed E-state index contributed by atoms with van der Waals surface area (Å²) in [5.74, 6) is -0.696. The molecule has 1 atom stereocenters. The van der Waals surface area contributed by atoms with Crippen LogP contribution < -0.4 is 0 Å². The van der Waals surface area contributed by atoms with Gasteiger partial charge >= 0.3 is 5.97 Å². The van der Waals surface area contributed by atoms with Gasteiger partial charge in [-0.1, -0.05) is 12.8 Å². The van der Waals surface area contributed by atoms with Gasteiger partial charge in [-0.2, -0.15) is 0 Å². The molecule has 0 spiro atoms. The first kappa shape index (κ1) is 12.5. The molecule has 1 aromatic heterocycles. The number of aromatic nitrogens is 1. The number of hydrogen-bond donors (Lipinski definition) is 1. The fourth-order valence-electron chi connectivity index (χ4n) is 2.33. The molecule has 1 aromatic rings. The highest BCUT2D eigenvalue weighted by atomic mass is 32.1. The molecule has 1 saturated heterocycles. The standard InChI is InChI=1S/C12H18N2O2S/c1-9-13-10(8-17-9)7-14-6-4-2-3-5-11(14)12(15)16/h8,11H,2-7H2,1H3,(H,15,16). The SMILES string of the molecule is Cc1nc(CN2CCCCCC2C(=O)O)cs1. The van der Waals surface area contributed by atoms with Crippen LogP contribution in [0, 0.1) is 6.92 Å². The van der Waals surface area contributed by atoms with E-state index in [9.17, 15) is 9.90 Å². The molecule has 17 heavy (non-hydrogen) atoms. The van der Waals surface area contributed by atoms with E-state index in [1.54, 1.807) is 11.3 Å². The van der Waals surface area contributed by atoms with Crippen LogP contribution in [0.15, 0.2) is 5.38 Å². The molecule has 0 aromatic carbocycles. The number of rotatable bonds is 3. The first-order valence-corrected chi connectivity index (χ1v) is 6.92. The summed E-state index contributed by atoms with van der Waals surface area (Å²) in [7, 11) is 0. The molecular formula is C12H18N2O2S. The van der Waals surface area contributed by atoms with Crippen LogP contribution in [0.1, 0.15) is 36.4 Å². The molecule has 0 bridgehead atoms. The van der Waals surface area contributed by atoms with Gasteiger partial charge in [0, 0.05) is 11.9 Å². The van der Waals surface area contributed by atoms with Crippen LogP contribution in [0.4, 0.5) is 0 Å². The average Bonchev–Trinajstić information content (AvgIpc) is 2.55. The lowest BCUT2D eigenvalue weighted by Gasteiger charge is -2.25. The Labute approximate surface area is 105 Å². The summed E-state index contributed by atoms with van der Waals surface area (Å²) < 4.78 is 0. The van der Waals surface area contributed by atoms with E-state index < -0.39 is 5.97 Å². The third kappa shape index (κ3) is 3.26. The van der Waals surface area contributed by atoms with E-state index in [2.05, 4.69) is 9.88 Å². The summed E-state index contributed by atoms with van der Waals surface area (Å²) in [6, 6.07) is -0.334. The van der Waals surface area contributed by atoms with Gasteiger partial charge in [0.05, 0.1) is 10.7 Å². The lowest BCUT2D eigenvalue weighted by Crippen LogP contribution is -2.40. The van der Waals surface area contributed by atoms with Crippen molar-refractivity contribution in [2.45, 2.75) is 45.2 Å². The van der Waals surface area contributed by atoms with Crippen LogP contribution in [-0.4, -0.2) is 33.5 Å². The summed E-state index contributed by atoms with van der Waals surface area (Å²) in [6.45, 7) is 3.51. The van der Waals surface area contributed by atoms with Gasteiger partial charge < -0.3 is 5.11 Å². The Kier molecular flexibility index (Phi) is 4.12. The van der Waals surface area contributed by atoms with Crippen molar-refractivity contribution in [1.82, 2.24) is 9.88 Å². The molecule has 1 N–H and O–H groups in total. The Bertz CT molecular complexity index is 392. The van der Waals surface area contributed by atoms with Crippen LogP contribution in [0.2, 0.25) is 0 Å². The zero-order valence-corrected chi connectivity index (χ0v) is 10.9. The van der Waals surface area contributed by atoms with E-state index in [0.717, 1.165) is 42.9 Å². The number of likely N-dealkylation sites (tertiary alicyclic amines) is 1. The van der Waals surface area contributed by atoms with Crippen molar-refractivity contribution >= 4 is 17.3 Å². The minimum absolute atomic E-state index is 0.334. The highest BCUT2D eigenvalue weighted by molar-refractivity contribution is 7.09. The van der Waals surface area contributed by atoms with Crippen LogP contribution >= 0.6 is 11.3 Å². The second-order valence-corrected chi connectivity index (χ2v) is 5.59. The maximum Gasteiger partial charge on any atom is 0.320 e. The van der Waals surface area contributed by atoms with E-state index in [-0.39, 0.29) is 6.04 Å². The van der Waals surface area contributed by atoms with Crippen molar-refractivity contribution in [3.05, 3.63) is 16.1 Å². The molecule has 0 aliphatic carbocycles. The molecule has 5 heteroatoms. The lowest BCUT2D eigenvalue weighted by molar-refractivity contribution is -0.143. The van der Waals surface area contributed by atoms with Gasteiger partial charge in [-0.15, -0.1) is 11.3 Å². The predicted octanol–water partition coefficient (Wildman–Crippen LogP) is 2.28. The van der Waals surface area contributed by atoms with Gasteiger partial charge in [0.25, 0.3) is 0 Å². The molecule has 94 valence electrons. The van der Waals surface area contributed by atoms with Gasteiger partial charge in [0.15, 0.2) is 0 Å². The summed E-state index contributed by atoms with van der Waals surface area (Å²) in [5.41, 5.74) is 1.00. The number of aryl methyl sites for hydroxylation is 1. The summed E-state index contributed by atoms with van der Waals surface area (Å²) in [6.07, 6.45) is 4.01. The minimum Gasteiger partial charge on any atom is -0.480 e. The smallest absolute Gasteiger partial charge is 0.320 e. The van der Waals surface area contributed by atoms with Crippen molar-refractivity contribution in [1.29, 1.82) is 0 Å². The fourth-order valence-corrected chi connectivity index (χ4v) is 2.93. The van der Waals surface area contributed by atoms with E-state index in [1.165, 1.54) is 0 Å².